The van der Waals surface area contributed by atoms with Crippen molar-refractivity contribution in [3.05, 3.63) is 34.1 Å². The van der Waals surface area contributed by atoms with Crippen LogP contribution >= 0.6 is 15.9 Å². The maximum atomic E-state index is 12.8. The number of ether oxygens (including phenoxy) is 1. The van der Waals surface area contributed by atoms with Gasteiger partial charge < -0.3 is 10.5 Å². The second kappa shape index (κ2) is 6.34. The zero-order valence-electron chi connectivity index (χ0n) is 8.91. The predicted octanol–water partition coefficient (Wildman–Crippen LogP) is 2.01. The van der Waals surface area contributed by atoms with Crippen LogP contribution in [0, 0.1) is 5.82 Å². The number of hydrogen-bond donors (Lipinski definition) is 1. The number of carbonyl (C=O) groups excluding carboxylic acids is 2. The Morgan fingerprint density at radius 3 is 2.71 bits per heavy atom. The summed E-state index contributed by atoms with van der Waals surface area (Å²) in [5.41, 5.74) is 5.17. The van der Waals surface area contributed by atoms with Gasteiger partial charge in [0.25, 0.3) is 0 Å². The van der Waals surface area contributed by atoms with Crippen molar-refractivity contribution in [3.8, 4) is 0 Å². The van der Waals surface area contributed by atoms with E-state index in [2.05, 4.69) is 15.9 Å². The van der Waals surface area contributed by atoms with Gasteiger partial charge >= 0.3 is 5.97 Å². The van der Waals surface area contributed by atoms with Crippen molar-refractivity contribution < 1.29 is 18.7 Å². The molecule has 0 spiro atoms. The lowest BCUT2D eigenvalue weighted by molar-refractivity contribution is -0.118. The van der Waals surface area contributed by atoms with E-state index in [0.29, 0.717) is 10.9 Å². The summed E-state index contributed by atoms with van der Waals surface area (Å²) >= 11 is 3.06. The van der Waals surface area contributed by atoms with Crippen molar-refractivity contribution in [3.63, 3.8) is 0 Å². The molecule has 17 heavy (non-hydrogen) atoms. The van der Waals surface area contributed by atoms with Crippen molar-refractivity contribution in [2.45, 2.75) is 12.8 Å². The van der Waals surface area contributed by atoms with E-state index in [-0.39, 0.29) is 18.6 Å². The van der Waals surface area contributed by atoms with Crippen molar-refractivity contribution in [2.24, 2.45) is 5.73 Å². The third kappa shape index (κ3) is 4.52. The molecule has 1 rings (SSSR count). The number of benzene rings is 1. The number of esters is 1. The van der Waals surface area contributed by atoms with Crippen LogP contribution in [0.3, 0.4) is 0 Å². The number of carbonyl (C=O) groups is 2. The van der Waals surface area contributed by atoms with Crippen molar-refractivity contribution in [1.82, 2.24) is 0 Å². The van der Waals surface area contributed by atoms with Gasteiger partial charge in [-0.25, -0.2) is 9.18 Å². The molecular weight excluding hydrogens is 293 g/mol. The summed E-state index contributed by atoms with van der Waals surface area (Å²) in [7, 11) is 0. The van der Waals surface area contributed by atoms with Gasteiger partial charge in [-0.2, -0.15) is 0 Å². The normalized spacial score (nSPS) is 10.0. The fourth-order valence-electron chi connectivity index (χ4n) is 1.14. The Morgan fingerprint density at radius 1 is 1.41 bits per heavy atom. The predicted molar refractivity (Wildman–Crippen MR) is 62.8 cm³/mol. The summed E-state index contributed by atoms with van der Waals surface area (Å²) in [6, 6.07) is 3.68. The van der Waals surface area contributed by atoms with Crippen molar-refractivity contribution in [1.29, 1.82) is 0 Å². The molecule has 0 aliphatic rings. The molecule has 1 aromatic carbocycles. The maximum Gasteiger partial charge on any atom is 0.339 e. The van der Waals surface area contributed by atoms with Crippen LogP contribution < -0.4 is 5.73 Å². The Hall–Kier alpha value is -1.43. The summed E-state index contributed by atoms with van der Waals surface area (Å²) in [4.78, 5) is 22.0. The SMILES string of the molecule is NC(=O)CCCOC(=O)c1ccc(F)cc1Br. The fourth-order valence-corrected chi connectivity index (χ4v) is 1.66. The minimum Gasteiger partial charge on any atom is -0.462 e. The monoisotopic (exact) mass is 303 g/mol. The van der Waals surface area contributed by atoms with Gasteiger partial charge in [0.05, 0.1) is 12.2 Å². The maximum absolute atomic E-state index is 12.8. The highest BCUT2D eigenvalue weighted by Gasteiger charge is 2.11. The van der Waals surface area contributed by atoms with E-state index in [1.54, 1.807) is 0 Å². The molecule has 92 valence electrons. The molecule has 0 aliphatic carbocycles. The van der Waals surface area contributed by atoms with Crippen LogP contribution in [0.25, 0.3) is 0 Å². The van der Waals surface area contributed by atoms with Gasteiger partial charge in [0.1, 0.15) is 5.82 Å². The van der Waals surface area contributed by atoms with Gasteiger partial charge in [0, 0.05) is 10.9 Å². The van der Waals surface area contributed by atoms with Gasteiger partial charge in [-0.05, 0) is 40.5 Å². The Morgan fingerprint density at radius 2 is 2.12 bits per heavy atom. The molecule has 0 saturated heterocycles. The van der Waals surface area contributed by atoms with Crippen LogP contribution in [-0.4, -0.2) is 18.5 Å². The minimum atomic E-state index is -0.568. The first-order chi connectivity index (χ1) is 8.00. The van der Waals surface area contributed by atoms with Crippen LogP contribution in [0.5, 0.6) is 0 Å². The summed E-state index contributed by atoms with van der Waals surface area (Å²) in [6.45, 7) is 0.103. The van der Waals surface area contributed by atoms with E-state index in [1.807, 2.05) is 0 Å². The van der Waals surface area contributed by atoms with Gasteiger partial charge in [-0.3, -0.25) is 4.79 Å². The Balaban J connectivity index is 2.50. The quantitative estimate of drug-likeness (QED) is 0.668. The zero-order valence-corrected chi connectivity index (χ0v) is 10.5. The average Bonchev–Trinajstić information content (AvgIpc) is 2.23. The number of rotatable bonds is 5. The van der Waals surface area contributed by atoms with Crippen LogP contribution in [0.4, 0.5) is 4.39 Å². The van der Waals surface area contributed by atoms with Gasteiger partial charge in [-0.1, -0.05) is 0 Å². The largest absolute Gasteiger partial charge is 0.462 e. The number of hydrogen-bond acceptors (Lipinski definition) is 3. The second-order valence-corrected chi connectivity index (χ2v) is 4.18. The van der Waals surface area contributed by atoms with E-state index in [4.69, 9.17) is 10.5 Å². The van der Waals surface area contributed by atoms with E-state index in [0.717, 1.165) is 0 Å². The third-order valence-electron chi connectivity index (χ3n) is 1.95. The molecule has 1 aromatic rings. The van der Waals surface area contributed by atoms with E-state index >= 15 is 0 Å². The highest BCUT2D eigenvalue weighted by Crippen LogP contribution is 2.18. The molecule has 6 heteroatoms. The molecular formula is C11H11BrFNO3. The van der Waals surface area contributed by atoms with E-state index in [9.17, 15) is 14.0 Å². The molecule has 1 amide bonds. The Bertz CT molecular complexity index is 437. The third-order valence-corrected chi connectivity index (χ3v) is 2.61. The molecule has 0 bridgehead atoms. The lowest BCUT2D eigenvalue weighted by Crippen LogP contribution is -2.13. The van der Waals surface area contributed by atoms with E-state index < -0.39 is 17.7 Å². The molecule has 0 aliphatic heterocycles. The lowest BCUT2D eigenvalue weighted by Gasteiger charge is -2.05. The first-order valence-corrected chi connectivity index (χ1v) is 5.70. The molecule has 0 heterocycles. The number of amides is 1. The van der Waals surface area contributed by atoms with Crippen LogP contribution in [0.15, 0.2) is 22.7 Å². The average molecular weight is 304 g/mol. The first-order valence-electron chi connectivity index (χ1n) is 4.91. The van der Waals surface area contributed by atoms with Gasteiger partial charge in [0.15, 0.2) is 0 Å². The highest BCUT2D eigenvalue weighted by molar-refractivity contribution is 9.10. The number of halogens is 2. The summed E-state index contributed by atoms with van der Waals surface area (Å²) in [5, 5.41) is 0. The van der Waals surface area contributed by atoms with Crippen LogP contribution in [-0.2, 0) is 9.53 Å². The standard InChI is InChI=1S/C11H11BrFNO3/c12-9-6-7(13)3-4-8(9)11(16)17-5-1-2-10(14)15/h3-4,6H,1-2,5H2,(H2,14,15). The molecule has 4 nitrogen and oxygen atoms in total. The summed E-state index contributed by atoms with van der Waals surface area (Å²) in [5.74, 6) is -1.45. The molecule has 2 N–H and O–H groups in total. The molecule has 0 atom stereocenters. The van der Waals surface area contributed by atoms with Crippen LogP contribution in [0.2, 0.25) is 0 Å². The minimum absolute atomic E-state index is 0.103. The first kappa shape index (κ1) is 13.6. The summed E-state index contributed by atoms with van der Waals surface area (Å²) < 4.78 is 18.0. The zero-order chi connectivity index (χ0) is 12.8. The Kier molecular flexibility index (Phi) is 5.09. The molecule has 0 radical (unpaired) electrons. The molecule has 0 unspecified atom stereocenters. The van der Waals surface area contributed by atoms with Crippen LogP contribution in [0.1, 0.15) is 23.2 Å². The summed E-state index contributed by atoms with van der Waals surface area (Å²) in [6.07, 6.45) is 0.539. The van der Waals surface area contributed by atoms with Gasteiger partial charge in [0.2, 0.25) is 5.91 Å². The molecule has 0 saturated carbocycles. The number of primary amides is 1. The second-order valence-electron chi connectivity index (χ2n) is 3.33. The molecule has 0 fully saturated rings. The Labute approximate surface area is 106 Å². The topological polar surface area (TPSA) is 69.4 Å². The van der Waals surface area contributed by atoms with Crippen molar-refractivity contribution >= 4 is 27.8 Å². The number of nitrogens with two attached hydrogens (primary N) is 1. The smallest absolute Gasteiger partial charge is 0.339 e. The lowest BCUT2D eigenvalue weighted by atomic mass is 10.2. The van der Waals surface area contributed by atoms with E-state index in [1.165, 1.54) is 18.2 Å². The highest BCUT2D eigenvalue weighted by atomic mass is 79.9. The molecule has 0 aromatic heterocycles. The van der Waals surface area contributed by atoms with Crippen molar-refractivity contribution in [2.75, 3.05) is 6.61 Å². The fraction of sp³-hybridized carbons (Fsp3) is 0.273. The van der Waals surface area contributed by atoms with Gasteiger partial charge in [-0.15, -0.1) is 0 Å².